The normalized spacial score (nSPS) is 23.7. The Morgan fingerprint density at radius 3 is 2.50 bits per heavy atom. The number of nitrogens with zero attached hydrogens (tertiary/aromatic N) is 3. The molecule has 4 rings (SSSR count). The van der Waals surface area contributed by atoms with Gasteiger partial charge < -0.3 is 14.8 Å². The summed E-state index contributed by atoms with van der Waals surface area (Å²) in [6, 6.07) is 1.60. The van der Waals surface area contributed by atoms with E-state index < -0.39 is 0 Å². The molecule has 2 saturated heterocycles. The highest BCUT2D eigenvalue weighted by molar-refractivity contribution is 5.81. The Labute approximate surface area is 165 Å². The van der Waals surface area contributed by atoms with Crippen molar-refractivity contribution in [3.8, 4) is 0 Å². The first kappa shape index (κ1) is 19.2. The summed E-state index contributed by atoms with van der Waals surface area (Å²) < 4.78 is 0. The average Bonchev–Trinajstić information content (AvgIpc) is 3.58. The quantitative estimate of drug-likeness (QED) is 0.858. The second-order valence-electron chi connectivity index (χ2n) is 8.46. The SMILES string of the molecule is CCC(=O)N1CCC[C@H](c2cc(=O)[nH]c(C3CCN(C(=O)C4CC4)CC3)n2)C1. The Bertz CT molecular complexity index is 793. The van der Waals surface area contributed by atoms with Gasteiger partial charge in [0.1, 0.15) is 5.82 Å². The molecule has 1 aromatic heterocycles. The van der Waals surface area contributed by atoms with Crippen molar-refractivity contribution in [3.63, 3.8) is 0 Å². The van der Waals surface area contributed by atoms with Gasteiger partial charge in [-0.15, -0.1) is 0 Å². The first-order chi connectivity index (χ1) is 13.5. The second-order valence-corrected chi connectivity index (χ2v) is 8.46. The summed E-state index contributed by atoms with van der Waals surface area (Å²) in [6.07, 6.45) is 6.17. The first-order valence-corrected chi connectivity index (χ1v) is 10.7. The van der Waals surface area contributed by atoms with Crippen LogP contribution >= 0.6 is 0 Å². The first-order valence-electron chi connectivity index (χ1n) is 10.7. The predicted molar refractivity (Wildman–Crippen MR) is 105 cm³/mol. The number of nitrogens with one attached hydrogen (secondary N) is 1. The molecular weight excluding hydrogens is 356 g/mol. The van der Waals surface area contributed by atoms with Crippen LogP contribution in [0.4, 0.5) is 0 Å². The second kappa shape index (κ2) is 8.05. The third kappa shape index (κ3) is 4.13. The number of rotatable bonds is 4. The molecule has 3 heterocycles. The van der Waals surface area contributed by atoms with Gasteiger partial charge in [-0.3, -0.25) is 14.4 Å². The molecular formula is C21H30N4O3. The molecule has 0 radical (unpaired) electrons. The van der Waals surface area contributed by atoms with E-state index in [2.05, 4.69) is 4.98 Å². The molecule has 28 heavy (non-hydrogen) atoms. The zero-order chi connectivity index (χ0) is 19.7. The number of H-pyrrole nitrogens is 1. The molecule has 0 aromatic carbocycles. The van der Waals surface area contributed by atoms with E-state index in [-0.39, 0.29) is 29.2 Å². The van der Waals surface area contributed by atoms with E-state index >= 15 is 0 Å². The molecule has 1 atom stereocenters. The molecule has 7 nitrogen and oxygen atoms in total. The van der Waals surface area contributed by atoms with Crippen LogP contribution in [-0.4, -0.2) is 57.8 Å². The van der Waals surface area contributed by atoms with E-state index in [1.165, 1.54) is 0 Å². The number of hydrogen-bond donors (Lipinski definition) is 1. The molecule has 152 valence electrons. The number of aromatic nitrogens is 2. The van der Waals surface area contributed by atoms with Crippen LogP contribution in [0, 0.1) is 5.92 Å². The number of likely N-dealkylation sites (tertiary alicyclic amines) is 2. The monoisotopic (exact) mass is 386 g/mol. The Morgan fingerprint density at radius 2 is 1.82 bits per heavy atom. The minimum atomic E-state index is -0.115. The standard InChI is InChI=1S/C21H30N4O3/c1-2-19(27)25-9-3-4-16(13-25)17-12-18(26)23-20(22-17)14-7-10-24(11-8-14)21(28)15-5-6-15/h12,14-16H,2-11,13H2,1H3,(H,22,23,26)/t16-/m0/s1. The van der Waals surface area contributed by atoms with Crippen molar-refractivity contribution in [2.75, 3.05) is 26.2 Å². The minimum absolute atomic E-state index is 0.115. The molecule has 1 aromatic rings. The van der Waals surface area contributed by atoms with Gasteiger partial charge in [-0.05, 0) is 38.5 Å². The summed E-state index contributed by atoms with van der Waals surface area (Å²) in [4.78, 5) is 48.2. The van der Waals surface area contributed by atoms with E-state index in [1.54, 1.807) is 6.07 Å². The number of aromatic amines is 1. The van der Waals surface area contributed by atoms with Gasteiger partial charge in [0.15, 0.2) is 0 Å². The molecule has 1 aliphatic carbocycles. The van der Waals surface area contributed by atoms with Crippen LogP contribution in [0.25, 0.3) is 0 Å². The van der Waals surface area contributed by atoms with Crippen molar-refractivity contribution in [1.82, 2.24) is 19.8 Å². The van der Waals surface area contributed by atoms with Gasteiger partial charge >= 0.3 is 0 Å². The molecule has 0 bridgehead atoms. The van der Waals surface area contributed by atoms with Crippen molar-refractivity contribution >= 4 is 11.8 Å². The lowest BCUT2D eigenvalue weighted by atomic mass is 9.92. The number of piperidine rings is 2. The lowest BCUT2D eigenvalue weighted by Gasteiger charge is -2.33. The molecule has 0 unspecified atom stereocenters. The molecule has 1 saturated carbocycles. The summed E-state index contributed by atoms with van der Waals surface area (Å²) in [7, 11) is 0. The van der Waals surface area contributed by atoms with Crippen LogP contribution in [0.3, 0.4) is 0 Å². The fourth-order valence-electron chi connectivity index (χ4n) is 4.53. The predicted octanol–water partition coefficient (Wildman–Crippen LogP) is 2.00. The number of amides is 2. The Kier molecular flexibility index (Phi) is 5.51. The van der Waals surface area contributed by atoms with Crippen molar-refractivity contribution in [2.45, 2.75) is 63.7 Å². The molecule has 7 heteroatoms. The largest absolute Gasteiger partial charge is 0.342 e. The van der Waals surface area contributed by atoms with Gasteiger partial charge in [0, 0.05) is 56.4 Å². The van der Waals surface area contributed by atoms with Gasteiger partial charge in [-0.2, -0.15) is 0 Å². The zero-order valence-corrected chi connectivity index (χ0v) is 16.7. The minimum Gasteiger partial charge on any atom is -0.342 e. The summed E-state index contributed by atoms with van der Waals surface area (Å²) >= 11 is 0. The van der Waals surface area contributed by atoms with Crippen molar-refractivity contribution in [3.05, 3.63) is 27.9 Å². The maximum Gasteiger partial charge on any atom is 0.251 e. The highest BCUT2D eigenvalue weighted by Crippen LogP contribution is 2.34. The van der Waals surface area contributed by atoms with Gasteiger partial charge in [0.25, 0.3) is 5.56 Å². The third-order valence-electron chi connectivity index (χ3n) is 6.39. The lowest BCUT2D eigenvalue weighted by Crippen LogP contribution is -2.40. The maximum absolute atomic E-state index is 12.3. The van der Waals surface area contributed by atoms with Crippen molar-refractivity contribution in [2.24, 2.45) is 5.92 Å². The van der Waals surface area contributed by atoms with Crippen LogP contribution in [0.5, 0.6) is 0 Å². The lowest BCUT2D eigenvalue weighted by molar-refractivity contribution is -0.134. The number of hydrogen-bond acceptors (Lipinski definition) is 4. The van der Waals surface area contributed by atoms with Crippen molar-refractivity contribution < 1.29 is 9.59 Å². The summed E-state index contributed by atoms with van der Waals surface area (Å²) in [6.45, 7) is 4.83. The Balaban J connectivity index is 1.45. The van der Waals surface area contributed by atoms with E-state index in [1.807, 2.05) is 16.7 Å². The van der Waals surface area contributed by atoms with Gasteiger partial charge in [-0.25, -0.2) is 4.98 Å². The summed E-state index contributed by atoms with van der Waals surface area (Å²) in [5.41, 5.74) is 0.694. The maximum atomic E-state index is 12.3. The average molecular weight is 386 g/mol. The van der Waals surface area contributed by atoms with E-state index in [4.69, 9.17) is 4.98 Å². The Hall–Kier alpha value is -2.18. The summed E-state index contributed by atoms with van der Waals surface area (Å²) in [5.74, 6) is 1.80. The highest BCUT2D eigenvalue weighted by atomic mass is 16.2. The molecule has 3 aliphatic rings. The fraction of sp³-hybridized carbons (Fsp3) is 0.714. The smallest absolute Gasteiger partial charge is 0.251 e. The van der Waals surface area contributed by atoms with Gasteiger partial charge in [0.2, 0.25) is 11.8 Å². The van der Waals surface area contributed by atoms with Crippen LogP contribution in [0.1, 0.15) is 75.2 Å². The molecule has 0 spiro atoms. The third-order valence-corrected chi connectivity index (χ3v) is 6.39. The molecule has 2 aliphatic heterocycles. The van der Waals surface area contributed by atoms with Gasteiger partial charge in [0.05, 0.1) is 5.69 Å². The van der Waals surface area contributed by atoms with Crippen LogP contribution in [0.15, 0.2) is 10.9 Å². The van der Waals surface area contributed by atoms with Crippen LogP contribution in [-0.2, 0) is 9.59 Å². The number of carbonyl (C=O) groups is 2. The Morgan fingerprint density at radius 1 is 1.07 bits per heavy atom. The van der Waals surface area contributed by atoms with E-state index in [0.717, 1.165) is 69.7 Å². The zero-order valence-electron chi connectivity index (χ0n) is 16.7. The fourth-order valence-corrected chi connectivity index (χ4v) is 4.53. The summed E-state index contributed by atoms with van der Waals surface area (Å²) in [5, 5.41) is 0. The van der Waals surface area contributed by atoms with E-state index in [0.29, 0.717) is 18.9 Å². The topological polar surface area (TPSA) is 86.4 Å². The van der Waals surface area contributed by atoms with Crippen molar-refractivity contribution in [1.29, 1.82) is 0 Å². The van der Waals surface area contributed by atoms with Crippen LogP contribution < -0.4 is 5.56 Å². The number of carbonyl (C=O) groups excluding carboxylic acids is 2. The highest BCUT2D eigenvalue weighted by Gasteiger charge is 2.35. The molecule has 1 N–H and O–H groups in total. The van der Waals surface area contributed by atoms with Crippen LogP contribution in [0.2, 0.25) is 0 Å². The molecule has 2 amide bonds. The molecule has 3 fully saturated rings. The van der Waals surface area contributed by atoms with Gasteiger partial charge in [-0.1, -0.05) is 6.92 Å². The van der Waals surface area contributed by atoms with E-state index in [9.17, 15) is 14.4 Å².